The predicted octanol–water partition coefficient (Wildman–Crippen LogP) is 2.04. The summed E-state index contributed by atoms with van der Waals surface area (Å²) in [4.78, 5) is 37.0. The largest absolute Gasteiger partial charge is 0.368 e. The number of hydrogen-bond acceptors (Lipinski definition) is 4. The Balaban J connectivity index is 0.00000184. The van der Waals surface area contributed by atoms with E-state index in [2.05, 4.69) is 31.3 Å². The second-order valence-corrected chi connectivity index (χ2v) is 6.70. The maximum Gasteiger partial charge on any atom is 0.242 e. The highest BCUT2D eigenvalue weighted by molar-refractivity contribution is 5.90. The minimum absolute atomic E-state index is 0.0521. The minimum Gasteiger partial charge on any atom is -0.368 e. The molecule has 0 spiro atoms. The molecule has 0 aromatic heterocycles. The van der Waals surface area contributed by atoms with Crippen LogP contribution in [0.25, 0.3) is 0 Å². The van der Waals surface area contributed by atoms with Crippen LogP contribution in [0.15, 0.2) is 35.5 Å². The van der Waals surface area contributed by atoms with Crippen molar-refractivity contribution >= 4 is 17.7 Å². The van der Waals surface area contributed by atoms with Gasteiger partial charge in [-0.05, 0) is 17.6 Å². The first kappa shape index (κ1) is 26.6. The molecule has 0 saturated heterocycles. The van der Waals surface area contributed by atoms with Gasteiger partial charge in [-0.1, -0.05) is 65.8 Å². The molecular weight excluding hydrogens is 368 g/mol. The van der Waals surface area contributed by atoms with Crippen LogP contribution >= 0.6 is 0 Å². The molecule has 0 saturated carbocycles. The summed E-state index contributed by atoms with van der Waals surface area (Å²) in [7, 11) is 0. The second kappa shape index (κ2) is 12.9. The number of carbonyl (C=O) groups excluding carboxylic acids is 3. The molecule has 5 N–H and O–H groups in total. The Bertz CT molecular complexity index is 667. The molecule has 1 heterocycles. The van der Waals surface area contributed by atoms with E-state index in [1.807, 2.05) is 39.8 Å². The molecule has 1 aliphatic heterocycles. The Morgan fingerprint density at radius 1 is 1.14 bits per heavy atom. The van der Waals surface area contributed by atoms with Gasteiger partial charge in [0.05, 0.1) is 13.1 Å². The second-order valence-electron chi connectivity index (χ2n) is 6.70. The van der Waals surface area contributed by atoms with Crippen LogP contribution in [0.3, 0.4) is 0 Å². The van der Waals surface area contributed by atoms with Crippen LogP contribution in [0.1, 0.15) is 54.4 Å². The first-order chi connectivity index (χ1) is 13.8. The number of nitrogens with one attached hydrogen (secondary N) is 1. The third-order valence-electron chi connectivity index (χ3n) is 4.91. The van der Waals surface area contributed by atoms with Gasteiger partial charge >= 0.3 is 0 Å². The fourth-order valence-electron chi connectivity index (χ4n) is 2.92. The third-order valence-corrected chi connectivity index (χ3v) is 4.91. The van der Waals surface area contributed by atoms with E-state index < -0.39 is 17.9 Å². The minimum atomic E-state index is -0.718. The van der Waals surface area contributed by atoms with Gasteiger partial charge in [-0.2, -0.15) is 0 Å². The van der Waals surface area contributed by atoms with E-state index in [0.717, 1.165) is 17.6 Å². The topological polar surface area (TPSA) is 119 Å². The van der Waals surface area contributed by atoms with Crippen LogP contribution in [-0.4, -0.2) is 48.3 Å². The van der Waals surface area contributed by atoms with E-state index in [1.54, 1.807) is 0 Å². The van der Waals surface area contributed by atoms with Crippen LogP contribution in [0, 0.1) is 5.41 Å². The van der Waals surface area contributed by atoms with Crippen LogP contribution in [0.4, 0.5) is 0 Å². The molecule has 7 nitrogen and oxygen atoms in total. The number of primary amides is 1. The number of nitrogens with zero attached hydrogens (tertiary/aromatic N) is 1. The van der Waals surface area contributed by atoms with E-state index in [0.29, 0.717) is 13.0 Å². The highest BCUT2D eigenvalue weighted by Crippen LogP contribution is 2.33. The first-order valence-electron chi connectivity index (χ1n) is 10.5. The van der Waals surface area contributed by atoms with E-state index in [1.165, 1.54) is 4.90 Å². The summed E-state index contributed by atoms with van der Waals surface area (Å²) >= 11 is 0. The number of nitrogens with two attached hydrogens (primary N) is 2. The van der Waals surface area contributed by atoms with Gasteiger partial charge in [0.15, 0.2) is 0 Å². The van der Waals surface area contributed by atoms with Crippen molar-refractivity contribution in [2.75, 3.05) is 19.6 Å². The van der Waals surface area contributed by atoms with E-state index in [9.17, 15) is 14.4 Å². The van der Waals surface area contributed by atoms with Crippen LogP contribution in [-0.2, 0) is 14.4 Å². The Hall–Kier alpha value is -2.41. The molecule has 0 bridgehead atoms. The Morgan fingerprint density at radius 2 is 1.69 bits per heavy atom. The zero-order chi connectivity index (χ0) is 22.6. The third kappa shape index (κ3) is 7.49. The van der Waals surface area contributed by atoms with Gasteiger partial charge in [0.25, 0.3) is 0 Å². The molecule has 2 atom stereocenters. The Kier molecular flexibility index (Phi) is 11.9. The molecule has 164 valence electrons. The highest BCUT2D eigenvalue weighted by atomic mass is 16.2. The van der Waals surface area contributed by atoms with Crippen molar-refractivity contribution in [3.05, 3.63) is 35.5 Å². The molecule has 0 fully saturated rings. The van der Waals surface area contributed by atoms with Crippen molar-refractivity contribution in [2.24, 2.45) is 16.9 Å². The average molecular weight is 407 g/mol. The molecule has 2 unspecified atom stereocenters. The lowest BCUT2D eigenvalue weighted by atomic mass is 9.87. The van der Waals surface area contributed by atoms with Crippen molar-refractivity contribution in [1.82, 2.24) is 10.2 Å². The number of allylic oxidation sites excluding steroid dienone is 3. The van der Waals surface area contributed by atoms with E-state index >= 15 is 0 Å². The summed E-state index contributed by atoms with van der Waals surface area (Å²) in [5, 5.41) is 2.44. The highest BCUT2D eigenvalue weighted by Gasteiger charge is 2.34. The number of carbonyl (C=O) groups is 3. The SMILES string of the molecule is CC.CC.CCC1(C)C=CC2=C(C=C1)CN(C(=O)CNC(=O)CN)C(C(N)=O)C2. The molecule has 29 heavy (non-hydrogen) atoms. The molecule has 2 rings (SSSR count). The van der Waals surface area contributed by atoms with Crippen molar-refractivity contribution in [3.63, 3.8) is 0 Å². The molecule has 3 amide bonds. The predicted molar refractivity (Wildman–Crippen MR) is 118 cm³/mol. The zero-order valence-electron chi connectivity index (χ0n) is 18.7. The van der Waals surface area contributed by atoms with Gasteiger partial charge in [-0.15, -0.1) is 0 Å². The normalized spacial score (nSPS) is 22.3. The maximum atomic E-state index is 12.5. The molecule has 0 aromatic carbocycles. The molecule has 2 aliphatic rings. The van der Waals surface area contributed by atoms with E-state index in [-0.39, 0.29) is 24.4 Å². The van der Waals surface area contributed by atoms with Gasteiger partial charge in [0.2, 0.25) is 17.7 Å². The Morgan fingerprint density at radius 3 is 2.17 bits per heavy atom. The van der Waals surface area contributed by atoms with Gasteiger partial charge in [-0.25, -0.2) is 0 Å². The van der Waals surface area contributed by atoms with Crippen molar-refractivity contribution in [2.45, 2.75) is 60.4 Å². The van der Waals surface area contributed by atoms with Crippen LogP contribution < -0.4 is 16.8 Å². The van der Waals surface area contributed by atoms with Crippen molar-refractivity contribution < 1.29 is 14.4 Å². The first-order valence-corrected chi connectivity index (χ1v) is 10.5. The molecule has 7 heteroatoms. The Labute approximate surface area is 175 Å². The average Bonchev–Trinajstić information content (AvgIpc) is 2.93. The summed E-state index contributed by atoms with van der Waals surface area (Å²) in [5.41, 5.74) is 12.7. The molecule has 1 aliphatic carbocycles. The summed E-state index contributed by atoms with van der Waals surface area (Å²) in [5.74, 6) is -1.32. The van der Waals surface area contributed by atoms with Gasteiger partial charge in [0, 0.05) is 18.4 Å². The van der Waals surface area contributed by atoms with Crippen molar-refractivity contribution in [1.29, 1.82) is 0 Å². The smallest absolute Gasteiger partial charge is 0.242 e. The van der Waals surface area contributed by atoms with E-state index in [4.69, 9.17) is 11.5 Å². The summed E-state index contributed by atoms with van der Waals surface area (Å²) in [6.07, 6.45) is 9.63. The molecule has 0 aromatic rings. The lowest BCUT2D eigenvalue weighted by Gasteiger charge is -2.35. The lowest BCUT2D eigenvalue weighted by Crippen LogP contribution is -2.53. The summed E-state index contributed by atoms with van der Waals surface area (Å²) in [6, 6.07) is -0.718. The number of amides is 3. The van der Waals surface area contributed by atoms with Gasteiger partial charge < -0.3 is 21.7 Å². The molecule has 0 radical (unpaired) electrons. The standard InChI is InChI=1S/C18H26N4O3.2C2H6/c1-3-18(2)6-4-12-8-14(17(20)25)22(11-13(12)5-7-18)16(24)10-21-15(23)9-19;2*1-2/h4-7,14H,3,8-11,19H2,1-2H3,(H2,20,25)(H,21,23);2*1-2H3. The number of hydrogen-bond donors (Lipinski definition) is 3. The number of rotatable bonds is 5. The fraction of sp³-hybridized carbons (Fsp3) is 0.591. The maximum absolute atomic E-state index is 12.5. The van der Waals surface area contributed by atoms with Crippen molar-refractivity contribution in [3.8, 4) is 0 Å². The van der Waals surface area contributed by atoms with Crippen LogP contribution in [0.2, 0.25) is 0 Å². The quantitative estimate of drug-likeness (QED) is 0.647. The van der Waals surface area contributed by atoms with Gasteiger partial charge in [-0.3, -0.25) is 14.4 Å². The fourth-order valence-corrected chi connectivity index (χ4v) is 2.92. The monoisotopic (exact) mass is 406 g/mol. The summed E-state index contributed by atoms with van der Waals surface area (Å²) in [6.45, 7) is 12.1. The molecular formula is C22H38N4O3. The summed E-state index contributed by atoms with van der Waals surface area (Å²) < 4.78 is 0. The lowest BCUT2D eigenvalue weighted by molar-refractivity contribution is -0.139. The zero-order valence-corrected chi connectivity index (χ0v) is 18.7. The van der Waals surface area contributed by atoms with Gasteiger partial charge in [0.1, 0.15) is 6.04 Å². The van der Waals surface area contributed by atoms with Crippen LogP contribution in [0.5, 0.6) is 0 Å².